The summed E-state index contributed by atoms with van der Waals surface area (Å²) in [5.41, 5.74) is 3.88. The van der Waals surface area contributed by atoms with Gasteiger partial charge in [0.15, 0.2) is 0 Å². The molecule has 2 aromatic carbocycles. The molecule has 1 fully saturated rings. The van der Waals surface area contributed by atoms with Crippen LogP contribution in [-0.2, 0) is 4.74 Å². The molecule has 0 aromatic heterocycles. The zero-order valence-electron chi connectivity index (χ0n) is 19.8. The molecule has 4 rings (SSSR count). The molecular formula is C29H29N3O2. The molecule has 1 spiro atoms. The molecule has 0 bridgehead atoms. The van der Waals surface area contributed by atoms with Gasteiger partial charge in [0.1, 0.15) is 17.1 Å². The third-order valence-corrected chi connectivity index (χ3v) is 6.63. The van der Waals surface area contributed by atoms with Crippen LogP contribution in [0.3, 0.4) is 0 Å². The number of benzene rings is 2. The van der Waals surface area contributed by atoms with E-state index >= 15 is 0 Å². The molecule has 172 valence electrons. The lowest BCUT2D eigenvalue weighted by Crippen LogP contribution is -2.37. The Morgan fingerprint density at radius 2 is 1.71 bits per heavy atom. The van der Waals surface area contributed by atoms with Crippen LogP contribution in [-0.4, -0.2) is 19.8 Å². The topological polar surface area (TPSA) is 49.9 Å². The first-order chi connectivity index (χ1) is 16.6. The second-order valence-electron chi connectivity index (χ2n) is 8.85. The summed E-state index contributed by atoms with van der Waals surface area (Å²) in [6.07, 6.45) is 11.9. The number of allylic oxidation sites excluding steroid dienone is 3. The largest absolute Gasteiger partial charge is 0.497 e. The first-order valence-corrected chi connectivity index (χ1v) is 11.6. The Morgan fingerprint density at radius 3 is 2.29 bits per heavy atom. The van der Waals surface area contributed by atoms with Crippen LogP contribution >= 0.6 is 0 Å². The van der Waals surface area contributed by atoms with Gasteiger partial charge < -0.3 is 14.4 Å². The Labute approximate surface area is 202 Å². The highest BCUT2D eigenvalue weighted by Crippen LogP contribution is 2.43. The smallest absolute Gasteiger partial charge is 0.265 e. The molecule has 0 N–H and O–H groups in total. The molecule has 0 radical (unpaired) electrons. The van der Waals surface area contributed by atoms with Gasteiger partial charge >= 0.3 is 0 Å². The lowest BCUT2D eigenvalue weighted by Gasteiger charge is -2.41. The van der Waals surface area contributed by atoms with E-state index in [1.807, 2.05) is 49.5 Å². The maximum atomic E-state index is 9.42. The van der Waals surface area contributed by atoms with Crippen molar-refractivity contribution < 1.29 is 9.47 Å². The summed E-state index contributed by atoms with van der Waals surface area (Å²) < 4.78 is 11.7. The van der Waals surface area contributed by atoms with Gasteiger partial charge in [-0.15, -0.1) is 0 Å². The molecule has 1 aliphatic heterocycles. The van der Waals surface area contributed by atoms with Crippen molar-refractivity contribution in [3.63, 3.8) is 0 Å². The Kier molecular flexibility index (Phi) is 7.04. The lowest BCUT2D eigenvalue weighted by molar-refractivity contribution is -0.0285. The number of rotatable bonds is 5. The van der Waals surface area contributed by atoms with Gasteiger partial charge in [-0.1, -0.05) is 24.6 Å². The van der Waals surface area contributed by atoms with Crippen molar-refractivity contribution in [1.29, 1.82) is 5.26 Å². The average Bonchev–Trinajstić information content (AvgIpc) is 2.88. The molecule has 0 saturated heterocycles. The van der Waals surface area contributed by atoms with Crippen LogP contribution < -0.4 is 9.64 Å². The van der Waals surface area contributed by atoms with Gasteiger partial charge in [-0.2, -0.15) is 0 Å². The van der Waals surface area contributed by atoms with Crippen LogP contribution in [0.2, 0.25) is 0 Å². The number of nitriles is 1. The zero-order chi connectivity index (χ0) is 24.0. The average molecular weight is 452 g/mol. The standard InChI is InChI=1S/C29H29N3O2/c1-31-28(21-30)23-19-27(34-29(20-23)17-5-4-6-18-29)14-9-22-7-10-24(11-8-22)32(2)25-12-15-26(33-3)16-13-25/h7-16,19H,4-6,17-18,20H2,2-3H3/b14-9+,28-23+. The molecule has 5 nitrogen and oxygen atoms in total. The Bertz CT molecular complexity index is 1170. The van der Waals surface area contributed by atoms with Crippen molar-refractivity contribution in [2.45, 2.75) is 44.1 Å². The molecule has 2 aliphatic rings. The maximum absolute atomic E-state index is 9.42. The van der Waals surface area contributed by atoms with E-state index in [0.29, 0.717) is 6.42 Å². The zero-order valence-corrected chi connectivity index (χ0v) is 19.8. The Balaban J connectivity index is 1.53. The fraction of sp³-hybridized carbons (Fsp3) is 0.310. The summed E-state index contributed by atoms with van der Waals surface area (Å²) in [6, 6.07) is 18.3. The molecule has 2 aromatic rings. The minimum absolute atomic E-state index is 0.171. The molecule has 0 unspecified atom stereocenters. The lowest BCUT2D eigenvalue weighted by atomic mass is 9.78. The molecule has 0 atom stereocenters. The van der Waals surface area contributed by atoms with Gasteiger partial charge in [0.2, 0.25) is 0 Å². The van der Waals surface area contributed by atoms with Crippen molar-refractivity contribution >= 4 is 17.5 Å². The fourth-order valence-electron chi connectivity index (χ4n) is 4.71. The molecule has 34 heavy (non-hydrogen) atoms. The highest BCUT2D eigenvalue weighted by molar-refractivity contribution is 5.65. The van der Waals surface area contributed by atoms with E-state index in [2.05, 4.69) is 40.1 Å². The number of ether oxygens (including phenoxy) is 2. The second-order valence-corrected chi connectivity index (χ2v) is 8.85. The summed E-state index contributed by atoms with van der Waals surface area (Å²) in [6.45, 7) is 7.38. The molecule has 1 aliphatic carbocycles. The third-order valence-electron chi connectivity index (χ3n) is 6.63. The fourth-order valence-corrected chi connectivity index (χ4v) is 4.71. The van der Waals surface area contributed by atoms with Gasteiger partial charge in [-0.05, 0) is 85.4 Å². The van der Waals surface area contributed by atoms with E-state index in [9.17, 15) is 5.26 Å². The van der Waals surface area contributed by atoms with E-state index in [1.165, 1.54) is 6.42 Å². The molecular weight excluding hydrogens is 422 g/mol. The van der Waals surface area contributed by atoms with Crippen molar-refractivity contribution in [3.8, 4) is 11.8 Å². The number of hydrogen-bond acceptors (Lipinski definition) is 4. The maximum Gasteiger partial charge on any atom is 0.265 e. The van der Waals surface area contributed by atoms with Crippen LogP contribution in [0.5, 0.6) is 5.75 Å². The van der Waals surface area contributed by atoms with Crippen molar-refractivity contribution in [2.75, 3.05) is 19.1 Å². The summed E-state index contributed by atoms with van der Waals surface area (Å²) in [5, 5.41) is 9.42. The monoisotopic (exact) mass is 451 g/mol. The number of anilines is 2. The predicted molar refractivity (Wildman–Crippen MR) is 135 cm³/mol. The van der Waals surface area contributed by atoms with Gasteiger partial charge in [-0.3, -0.25) is 0 Å². The molecule has 5 heteroatoms. The van der Waals surface area contributed by atoms with Crippen molar-refractivity contribution in [2.24, 2.45) is 0 Å². The van der Waals surface area contributed by atoms with Crippen LogP contribution in [0.15, 0.2) is 77.7 Å². The minimum Gasteiger partial charge on any atom is -0.497 e. The third kappa shape index (κ3) is 5.16. The van der Waals surface area contributed by atoms with E-state index in [0.717, 1.165) is 59.7 Å². The number of methoxy groups -OCH3 is 1. The van der Waals surface area contributed by atoms with Crippen molar-refractivity contribution in [3.05, 3.63) is 94.7 Å². The Morgan fingerprint density at radius 1 is 1.06 bits per heavy atom. The summed E-state index contributed by atoms with van der Waals surface area (Å²) in [7, 11) is 3.70. The SMILES string of the molecule is [C-]#[N+]/C(C#N)=C1C=C(/C=C/c2ccc(N(C)c3ccc(OC)cc3)cc2)OC2(CCCCC2)C\1. The van der Waals surface area contributed by atoms with Crippen LogP contribution in [0.4, 0.5) is 11.4 Å². The minimum atomic E-state index is -0.292. The number of nitrogens with zero attached hydrogens (tertiary/aromatic N) is 3. The van der Waals surface area contributed by atoms with E-state index in [-0.39, 0.29) is 11.3 Å². The molecule has 0 amide bonds. The van der Waals surface area contributed by atoms with Crippen LogP contribution in [0.1, 0.15) is 44.1 Å². The summed E-state index contributed by atoms with van der Waals surface area (Å²) in [4.78, 5) is 5.58. The number of hydrogen-bond donors (Lipinski definition) is 0. The normalized spacial score (nSPS) is 18.4. The van der Waals surface area contributed by atoms with Gasteiger partial charge in [0, 0.05) is 24.8 Å². The predicted octanol–water partition coefficient (Wildman–Crippen LogP) is 7.18. The Hall–Kier alpha value is -3.96. The summed E-state index contributed by atoms with van der Waals surface area (Å²) >= 11 is 0. The van der Waals surface area contributed by atoms with E-state index in [4.69, 9.17) is 16.0 Å². The van der Waals surface area contributed by atoms with Gasteiger partial charge in [-0.25, -0.2) is 10.1 Å². The highest BCUT2D eigenvalue weighted by atomic mass is 16.5. The van der Waals surface area contributed by atoms with E-state index in [1.54, 1.807) is 7.11 Å². The summed E-state index contributed by atoms with van der Waals surface area (Å²) in [5.74, 6) is 1.56. The van der Waals surface area contributed by atoms with E-state index < -0.39 is 0 Å². The van der Waals surface area contributed by atoms with Crippen LogP contribution in [0.25, 0.3) is 10.9 Å². The first-order valence-electron chi connectivity index (χ1n) is 11.6. The quantitative estimate of drug-likeness (QED) is 0.357. The van der Waals surface area contributed by atoms with Gasteiger partial charge in [0.25, 0.3) is 5.70 Å². The van der Waals surface area contributed by atoms with Crippen LogP contribution in [0, 0.1) is 17.9 Å². The molecule has 1 saturated carbocycles. The van der Waals surface area contributed by atoms with Crippen molar-refractivity contribution in [1.82, 2.24) is 0 Å². The van der Waals surface area contributed by atoms with Gasteiger partial charge in [0.05, 0.1) is 19.8 Å². The molecule has 1 heterocycles. The highest BCUT2D eigenvalue weighted by Gasteiger charge is 2.38. The first kappa shape index (κ1) is 23.2. The second kappa shape index (κ2) is 10.3.